The van der Waals surface area contributed by atoms with Crippen LogP contribution in [0, 0.1) is 0 Å². The van der Waals surface area contributed by atoms with E-state index in [9.17, 15) is 4.79 Å². The number of benzene rings is 1. The Morgan fingerprint density at radius 2 is 2.00 bits per heavy atom. The molecule has 0 saturated carbocycles. The Balaban J connectivity index is 1.48. The lowest BCUT2D eigenvalue weighted by Gasteiger charge is -2.29. The fourth-order valence-electron chi connectivity index (χ4n) is 3.52. The average molecular weight is 288 g/mol. The molecule has 2 bridgehead atoms. The predicted molar refractivity (Wildman–Crippen MR) is 82.4 cm³/mol. The van der Waals surface area contributed by atoms with Crippen LogP contribution in [-0.2, 0) is 11.2 Å². The first-order valence-corrected chi connectivity index (χ1v) is 8.00. The Morgan fingerprint density at radius 3 is 2.71 bits per heavy atom. The summed E-state index contributed by atoms with van der Waals surface area (Å²) in [5, 5.41) is 6.71. The minimum Gasteiger partial charge on any atom is -0.483 e. The summed E-state index contributed by atoms with van der Waals surface area (Å²) in [5.74, 6) is 0.813. The lowest BCUT2D eigenvalue weighted by atomic mass is 10.00. The monoisotopic (exact) mass is 288 g/mol. The Bertz CT molecular complexity index is 491. The summed E-state index contributed by atoms with van der Waals surface area (Å²) < 4.78 is 5.67. The second kappa shape index (κ2) is 6.48. The van der Waals surface area contributed by atoms with Crippen molar-refractivity contribution in [1.29, 1.82) is 0 Å². The molecule has 4 nitrogen and oxygen atoms in total. The number of fused-ring (bicyclic) bond motifs is 2. The van der Waals surface area contributed by atoms with Gasteiger partial charge in [-0.2, -0.15) is 0 Å². The van der Waals surface area contributed by atoms with Crippen LogP contribution >= 0.6 is 0 Å². The van der Waals surface area contributed by atoms with E-state index in [2.05, 4.69) is 17.6 Å². The number of hydrogen-bond acceptors (Lipinski definition) is 3. The summed E-state index contributed by atoms with van der Waals surface area (Å²) in [6.45, 7) is 2.20. The van der Waals surface area contributed by atoms with Gasteiger partial charge in [-0.15, -0.1) is 0 Å². The van der Waals surface area contributed by atoms with Gasteiger partial charge >= 0.3 is 0 Å². The standard InChI is InChI=1S/C17H24N2O2/c1-2-12-5-3-4-6-16(12)21-11-17(20)19-15-9-13-7-8-14(10-15)18-13/h3-6,13-15,18H,2,7-11H2,1H3,(H,19,20). The molecule has 2 unspecified atom stereocenters. The third kappa shape index (κ3) is 3.56. The summed E-state index contributed by atoms with van der Waals surface area (Å²) in [6.07, 6.45) is 5.51. The SMILES string of the molecule is CCc1ccccc1OCC(=O)NC1CC2CCC(C1)N2. The molecule has 0 aromatic heterocycles. The highest BCUT2D eigenvalue weighted by atomic mass is 16.5. The maximum Gasteiger partial charge on any atom is 0.258 e. The molecule has 0 spiro atoms. The Kier molecular flexibility index (Phi) is 4.44. The van der Waals surface area contributed by atoms with Gasteiger partial charge < -0.3 is 15.4 Å². The van der Waals surface area contributed by atoms with E-state index in [1.807, 2.05) is 24.3 Å². The lowest BCUT2D eigenvalue weighted by Crippen LogP contribution is -2.48. The summed E-state index contributed by atoms with van der Waals surface area (Å²) >= 11 is 0. The first-order valence-electron chi connectivity index (χ1n) is 8.00. The average Bonchev–Trinajstić information content (AvgIpc) is 2.84. The van der Waals surface area contributed by atoms with Crippen molar-refractivity contribution >= 4 is 5.91 Å². The molecule has 114 valence electrons. The minimum absolute atomic E-state index is 0.00722. The highest BCUT2D eigenvalue weighted by Crippen LogP contribution is 2.26. The number of piperidine rings is 1. The lowest BCUT2D eigenvalue weighted by molar-refractivity contribution is -0.124. The number of hydrogen-bond donors (Lipinski definition) is 2. The number of ether oxygens (including phenoxy) is 1. The molecule has 2 atom stereocenters. The Labute approximate surface area is 126 Å². The van der Waals surface area contributed by atoms with Crippen molar-refractivity contribution in [2.24, 2.45) is 0 Å². The second-order valence-electron chi connectivity index (χ2n) is 6.12. The fourth-order valence-corrected chi connectivity index (χ4v) is 3.52. The van der Waals surface area contributed by atoms with Crippen LogP contribution in [0.15, 0.2) is 24.3 Å². The normalized spacial score (nSPS) is 27.4. The first kappa shape index (κ1) is 14.4. The van der Waals surface area contributed by atoms with E-state index in [4.69, 9.17) is 4.74 Å². The molecule has 0 radical (unpaired) electrons. The van der Waals surface area contributed by atoms with Gasteiger partial charge in [0, 0.05) is 18.1 Å². The highest BCUT2D eigenvalue weighted by Gasteiger charge is 2.33. The molecule has 21 heavy (non-hydrogen) atoms. The maximum atomic E-state index is 12.1. The van der Waals surface area contributed by atoms with Gasteiger partial charge in [-0.05, 0) is 43.7 Å². The van der Waals surface area contributed by atoms with Crippen LogP contribution in [0.5, 0.6) is 5.75 Å². The highest BCUT2D eigenvalue weighted by molar-refractivity contribution is 5.77. The molecule has 2 heterocycles. The van der Waals surface area contributed by atoms with Crippen molar-refractivity contribution < 1.29 is 9.53 Å². The molecule has 1 aromatic carbocycles. The number of amides is 1. The number of rotatable bonds is 5. The van der Waals surface area contributed by atoms with Gasteiger partial charge in [0.05, 0.1) is 0 Å². The molecule has 4 heteroatoms. The molecule has 2 aliphatic rings. The van der Waals surface area contributed by atoms with Crippen LogP contribution in [-0.4, -0.2) is 30.6 Å². The Morgan fingerprint density at radius 1 is 1.29 bits per heavy atom. The zero-order valence-corrected chi connectivity index (χ0v) is 12.6. The van der Waals surface area contributed by atoms with Crippen LogP contribution in [0.25, 0.3) is 0 Å². The molecule has 3 rings (SSSR count). The summed E-state index contributed by atoms with van der Waals surface area (Å²) in [4.78, 5) is 12.1. The number of aryl methyl sites for hydroxylation is 1. The number of para-hydroxylation sites is 1. The van der Waals surface area contributed by atoms with Crippen molar-refractivity contribution in [3.63, 3.8) is 0 Å². The van der Waals surface area contributed by atoms with Gasteiger partial charge in [0.25, 0.3) is 5.91 Å². The second-order valence-corrected chi connectivity index (χ2v) is 6.12. The zero-order chi connectivity index (χ0) is 14.7. The molecular weight excluding hydrogens is 264 g/mol. The van der Waals surface area contributed by atoms with Gasteiger partial charge in [0.1, 0.15) is 5.75 Å². The minimum atomic E-state index is -0.00722. The summed E-state index contributed by atoms with van der Waals surface area (Å²) in [7, 11) is 0. The first-order chi connectivity index (χ1) is 10.2. The van der Waals surface area contributed by atoms with Crippen molar-refractivity contribution in [1.82, 2.24) is 10.6 Å². The maximum absolute atomic E-state index is 12.1. The van der Waals surface area contributed by atoms with Gasteiger partial charge in [-0.1, -0.05) is 25.1 Å². The third-order valence-corrected chi connectivity index (χ3v) is 4.55. The van der Waals surface area contributed by atoms with E-state index in [0.717, 1.165) is 30.6 Å². The zero-order valence-electron chi connectivity index (χ0n) is 12.6. The molecule has 1 aromatic rings. The van der Waals surface area contributed by atoms with Crippen LogP contribution in [0.3, 0.4) is 0 Å². The quantitative estimate of drug-likeness (QED) is 0.871. The smallest absolute Gasteiger partial charge is 0.258 e. The van der Waals surface area contributed by atoms with E-state index < -0.39 is 0 Å². The molecule has 2 aliphatic heterocycles. The van der Waals surface area contributed by atoms with Crippen LogP contribution in [0.1, 0.15) is 38.2 Å². The molecule has 2 fully saturated rings. The van der Waals surface area contributed by atoms with Gasteiger partial charge in [0.15, 0.2) is 6.61 Å². The van der Waals surface area contributed by atoms with Crippen LogP contribution < -0.4 is 15.4 Å². The van der Waals surface area contributed by atoms with Crippen molar-refractivity contribution in [2.45, 2.75) is 57.2 Å². The van der Waals surface area contributed by atoms with Crippen LogP contribution in [0.4, 0.5) is 0 Å². The number of carbonyl (C=O) groups excluding carboxylic acids is 1. The van der Waals surface area contributed by atoms with Crippen molar-refractivity contribution in [3.05, 3.63) is 29.8 Å². The Hall–Kier alpha value is -1.55. The molecular formula is C17H24N2O2. The predicted octanol–water partition coefficient (Wildman–Crippen LogP) is 2.03. The van der Waals surface area contributed by atoms with Crippen molar-refractivity contribution in [2.75, 3.05) is 6.61 Å². The van der Waals surface area contributed by atoms with Gasteiger partial charge in [0.2, 0.25) is 0 Å². The molecule has 2 saturated heterocycles. The van der Waals surface area contributed by atoms with Crippen molar-refractivity contribution in [3.8, 4) is 5.75 Å². The number of carbonyl (C=O) groups is 1. The molecule has 0 aliphatic carbocycles. The fraction of sp³-hybridized carbons (Fsp3) is 0.588. The van der Waals surface area contributed by atoms with Crippen LogP contribution in [0.2, 0.25) is 0 Å². The largest absolute Gasteiger partial charge is 0.483 e. The van der Waals surface area contributed by atoms with E-state index in [1.54, 1.807) is 0 Å². The topological polar surface area (TPSA) is 50.4 Å². The van der Waals surface area contributed by atoms with Gasteiger partial charge in [-0.3, -0.25) is 4.79 Å². The number of nitrogens with one attached hydrogen (secondary N) is 2. The van der Waals surface area contributed by atoms with Gasteiger partial charge in [-0.25, -0.2) is 0 Å². The molecule has 1 amide bonds. The summed E-state index contributed by atoms with van der Waals surface area (Å²) in [5.41, 5.74) is 1.14. The van der Waals surface area contributed by atoms with E-state index in [0.29, 0.717) is 18.1 Å². The van der Waals surface area contributed by atoms with E-state index in [-0.39, 0.29) is 12.5 Å². The van der Waals surface area contributed by atoms with E-state index >= 15 is 0 Å². The third-order valence-electron chi connectivity index (χ3n) is 4.55. The summed E-state index contributed by atoms with van der Waals surface area (Å²) in [6, 6.07) is 9.40. The van der Waals surface area contributed by atoms with E-state index in [1.165, 1.54) is 12.8 Å². The molecule has 2 N–H and O–H groups in total.